The molecule has 18 heavy (non-hydrogen) atoms. The van der Waals surface area contributed by atoms with E-state index in [2.05, 4.69) is 27.1 Å². The summed E-state index contributed by atoms with van der Waals surface area (Å²) in [4.78, 5) is 15.4. The molecule has 0 aromatic rings. The maximum atomic E-state index is 10.3. The van der Waals surface area contributed by atoms with Crippen molar-refractivity contribution in [3.05, 3.63) is 0 Å². The van der Waals surface area contributed by atoms with Crippen molar-refractivity contribution in [3.8, 4) is 11.8 Å². The van der Waals surface area contributed by atoms with Gasteiger partial charge in [-0.1, -0.05) is 24.9 Å². The number of carbonyl (C=O) groups excluding carboxylic acids is 1. The van der Waals surface area contributed by atoms with Crippen LogP contribution in [-0.4, -0.2) is 38.1 Å². The van der Waals surface area contributed by atoms with Gasteiger partial charge in [-0.05, 0) is 12.8 Å². The van der Waals surface area contributed by atoms with Gasteiger partial charge in [0.15, 0.2) is 0 Å². The van der Waals surface area contributed by atoms with Crippen molar-refractivity contribution in [2.24, 2.45) is 16.8 Å². The lowest BCUT2D eigenvalue weighted by atomic mass is 10.1. The fourth-order valence-corrected chi connectivity index (χ4v) is 0.982. The lowest BCUT2D eigenvalue weighted by molar-refractivity contribution is 0.139. The molecular weight excluding hydrogens is 234 g/mol. The number of carbonyl (C=O) groups is 1. The van der Waals surface area contributed by atoms with Crippen LogP contribution < -0.4 is 11.1 Å². The first-order chi connectivity index (χ1) is 8.57. The highest BCUT2D eigenvalue weighted by Gasteiger charge is 2.01. The van der Waals surface area contributed by atoms with Gasteiger partial charge < -0.3 is 20.6 Å². The van der Waals surface area contributed by atoms with Crippen molar-refractivity contribution in [2.45, 2.75) is 20.8 Å². The predicted molar refractivity (Wildman–Crippen MR) is 70.1 cm³/mol. The van der Waals surface area contributed by atoms with Crippen molar-refractivity contribution in [3.63, 3.8) is 0 Å². The summed E-state index contributed by atoms with van der Waals surface area (Å²) in [6, 6.07) is 0. The molecule has 0 bridgehead atoms. The van der Waals surface area contributed by atoms with Gasteiger partial charge in [0, 0.05) is 19.0 Å². The van der Waals surface area contributed by atoms with Gasteiger partial charge >= 0.3 is 6.09 Å². The van der Waals surface area contributed by atoms with Crippen molar-refractivity contribution in [2.75, 3.05) is 26.3 Å². The van der Waals surface area contributed by atoms with E-state index in [1.807, 2.05) is 13.8 Å². The normalized spacial score (nSPS) is 10.8. The number of nitrogens with two attached hydrogens (primary N) is 1. The van der Waals surface area contributed by atoms with Crippen molar-refractivity contribution < 1.29 is 14.4 Å². The molecule has 0 rings (SSSR count). The van der Waals surface area contributed by atoms with Crippen LogP contribution in [0.2, 0.25) is 0 Å². The van der Waals surface area contributed by atoms with Crippen LogP contribution in [0.4, 0.5) is 4.79 Å². The Labute approximate surface area is 108 Å². The SMILES string of the molecule is CC#C/C(=N\OCCNCCOC(N)=O)C(C)C. The largest absolute Gasteiger partial charge is 0.448 e. The first-order valence-corrected chi connectivity index (χ1v) is 5.83. The average molecular weight is 255 g/mol. The lowest BCUT2D eigenvalue weighted by Crippen LogP contribution is -2.26. The Hall–Kier alpha value is -1.74. The zero-order valence-corrected chi connectivity index (χ0v) is 11.2. The number of hydrogen-bond donors (Lipinski definition) is 2. The Kier molecular flexibility index (Phi) is 9.41. The molecule has 0 saturated heterocycles. The standard InChI is InChI=1S/C12H21N3O3/c1-4-5-11(10(2)3)15-18-9-7-14-6-8-17-12(13)16/h10,14H,6-9H2,1-3H3,(H2,13,16)/b15-11+. The Morgan fingerprint density at radius 3 is 2.61 bits per heavy atom. The quantitative estimate of drug-likeness (QED) is 0.290. The van der Waals surface area contributed by atoms with Crippen LogP contribution in [0, 0.1) is 17.8 Å². The third-order valence-electron chi connectivity index (χ3n) is 1.86. The molecule has 0 aliphatic carbocycles. The van der Waals surface area contributed by atoms with Gasteiger partial charge in [0.1, 0.15) is 18.9 Å². The van der Waals surface area contributed by atoms with Gasteiger partial charge in [-0.3, -0.25) is 0 Å². The number of ether oxygens (including phenoxy) is 1. The molecule has 0 aliphatic heterocycles. The third-order valence-corrected chi connectivity index (χ3v) is 1.86. The monoisotopic (exact) mass is 255 g/mol. The molecular formula is C12H21N3O3. The fraction of sp³-hybridized carbons (Fsp3) is 0.667. The van der Waals surface area contributed by atoms with E-state index in [4.69, 9.17) is 10.6 Å². The van der Waals surface area contributed by atoms with Gasteiger partial charge in [0.2, 0.25) is 0 Å². The summed E-state index contributed by atoms with van der Waals surface area (Å²) in [5.74, 6) is 5.93. The lowest BCUT2D eigenvalue weighted by Gasteiger charge is -2.05. The van der Waals surface area contributed by atoms with Crippen molar-refractivity contribution in [1.82, 2.24) is 5.32 Å². The molecule has 0 aliphatic rings. The minimum Gasteiger partial charge on any atom is -0.448 e. The second kappa shape index (κ2) is 10.4. The molecule has 0 atom stereocenters. The van der Waals surface area contributed by atoms with Crippen LogP contribution in [0.5, 0.6) is 0 Å². The number of nitrogens with zero attached hydrogens (tertiary/aromatic N) is 1. The smallest absolute Gasteiger partial charge is 0.404 e. The van der Waals surface area contributed by atoms with E-state index in [0.717, 1.165) is 5.71 Å². The number of rotatable bonds is 8. The molecule has 0 heterocycles. The van der Waals surface area contributed by atoms with Crippen LogP contribution in [0.3, 0.4) is 0 Å². The highest BCUT2D eigenvalue weighted by molar-refractivity contribution is 6.01. The molecule has 6 heteroatoms. The Balaban J connectivity index is 3.61. The Morgan fingerprint density at radius 2 is 2.06 bits per heavy atom. The van der Waals surface area contributed by atoms with Crippen molar-refractivity contribution >= 4 is 11.8 Å². The number of nitrogens with one attached hydrogen (secondary N) is 1. The summed E-state index contributed by atoms with van der Waals surface area (Å²) in [5, 5.41) is 6.97. The van der Waals surface area contributed by atoms with E-state index in [1.54, 1.807) is 6.92 Å². The van der Waals surface area contributed by atoms with E-state index in [0.29, 0.717) is 19.7 Å². The molecule has 0 aromatic carbocycles. The van der Waals surface area contributed by atoms with Gasteiger partial charge in [0.05, 0.1) is 0 Å². The highest BCUT2D eigenvalue weighted by Crippen LogP contribution is 1.96. The van der Waals surface area contributed by atoms with E-state index >= 15 is 0 Å². The molecule has 6 nitrogen and oxygen atoms in total. The van der Waals surface area contributed by atoms with E-state index in [-0.39, 0.29) is 12.5 Å². The molecule has 1 amide bonds. The number of amides is 1. The summed E-state index contributed by atoms with van der Waals surface area (Å²) < 4.78 is 4.54. The van der Waals surface area contributed by atoms with Gasteiger partial charge in [-0.25, -0.2) is 4.79 Å². The second-order valence-corrected chi connectivity index (χ2v) is 3.76. The fourth-order valence-electron chi connectivity index (χ4n) is 0.982. The first kappa shape index (κ1) is 16.3. The average Bonchev–Trinajstić information content (AvgIpc) is 2.30. The van der Waals surface area contributed by atoms with Gasteiger partial charge in [-0.15, -0.1) is 0 Å². The molecule has 0 spiro atoms. The maximum Gasteiger partial charge on any atom is 0.404 e. The third kappa shape index (κ3) is 9.48. The van der Waals surface area contributed by atoms with Crippen LogP contribution in [0.15, 0.2) is 5.16 Å². The van der Waals surface area contributed by atoms with Crippen LogP contribution in [0.1, 0.15) is 20.8 Å². The van der Waals surface area contributed by atoms with Crippen LogP contribution in [0.25, 0.3) is 0 Å². The topological polar surface area (TPSA) is 85.9 Å². The molecule has 0 unspecified atom stereocenters. The minimum absolute atomic E-state index is 0.245. The van der Waals surface area contributed by atoms with Gasteiger partial charge in [-0.2, -0.15) is 0 Å². The minimum atomic E-state index is -0.766. The maximum absolute atomic E-state index is 10.3. The Bertz CT molecular complexity index is 329. The zero-order valence-electron chi connectivity index (χ0n) is 11.2. The second-order valence-electron chi connectivity index (χ2n) is 3.76. The first-order valence-electron chi connectivity index (χ1n) is 5.83. The predicted octanol–water partition coefficient (Wildman–Crippen LogP) is 0.723. The molecule has 0 fully saturated rings. The summed E-state index contributed by atoms with van der Waals surface area (Å²) >= 11 is 0. The summed E-state index contributed by atoms with van der Waals surface area (Å²) in [5.41, 5.74) is 5.53. The molecule has 0 radical (unpaired) electrons. The molecule has 0 aromatic heterocycles. The summed E-state index contributed by atoms with van der Waals surface area (Å²) in [7, 11) is 0. The summed E-state index contributed by atoms with van der Waals surface area (Å²) in [6.07, 6.45) is -0.766. The Morgan fingerprint density at radius 1 is 1.39 bits per heavy atom. The number of oxime groups is 1. The molecule has 3 N–H and O–H groups in total. The van der Waals surface area contributed by atoms with Gasteiger partial charge in [0.25, 0.3) is 0 Å². The highest BCUT2D eigenvalue weighted by atomic mass is 16.6. The van der Waals surface area contributed by atoms with Crippen molar-refractivity contribution in [1.29, 1.82) is 0 Å². The van der Waals surface area contributed by atoms with Crippen LogP contribution in [-0.2, 0) is 9.57 Å². The van der Waals surface area contributed by atoms with Crippen LogP contribution >= 0.6 is 0 Å². The summed E-state index contributed by atoms with van der Waals surface area (Å²) in [6.45, 7) is 7.59. The van der Waals surface area contributed by atoms with E-state index in [1.165, 1.54) is 0 Å². The zero-order chi connectivity index (χ0) is 13.8. The van der Waals surface area contributed by atoms with E-state index < -0.39 is 6.09 Å². The molecule has 0 saturated carbocycles. The number of primary amides is 1. The van der Waals surface area contributed by atoms with E-state index in [9.17, 15) is 4.79 Å². The molecule has 102 valence electrons. The number of hydrogen-bond acceptors (Lipinski definition) is 5.